The minimum absolute atomic E-state index is 0.0264. The summed E-state index contributed by atoms with van der Waals surface area (Å²) < 4.78 is 0. The van der Waals surface area contributed by atoms with E-state index < -0.39 is 0 Å². The van der Waals surface area contributed by atoms with E-state index in [0.717, 1.165) is 31.6 Å². The lowest BCUT2D eigenvalue weighted by Gasteiger charge is -2.23. The molecule has 22 heavy (non-hydrogen) atoms. The summed E-state index contributed by atoms with van der Waals surface area (Å²) in [6.07, 6.45) is 4.20. The van der Waals surface area contributed by atoms with E-state index in [0.29, 0.717) is 18.1 Å². The molecule has 3 amide bonds. The molecule has 3 saturated heterocycles. The van der Waals surface area contributed by atoms with Crippen LogP contribution in [0.5, 0.6) is 0 Å². The number of carbonyl (C=O) groups is 2. The van der Waals surface area contributed by atoms with Crippen molar-refractivity contribution in [1.82, 2.24) is 14.8 Å². The molecule has 3 aliphatic heterocycles. The van der Waals surface area contributed by atoms with Crippen molar-refractivity contribution < 1.29 is 9.59 Å². The lowest BCUT2D eigenvalue weighted by atomic mass is 10.2. The Balaban J connectivity index is 1.53. The molecule has 1 aromatic heterocycles. The van der Waals surface area contributed by atoms with Crippen molar-refractivity contribution >= 4 is 29.4 Å². The van der Waals surface area contributed by atoms with Gasteiger partial charge in [0.1, 0.15) is 11.9 Å². The Kier molecular flexibility index (Phi) is 3.22. The molecule has 3 fully saturated rings. The number of anilines is 1. The maximum absolute atomic E-state index is 12.5. The Labute approximate surface area is 133 Å². The van der Waals surface area contributed by atoms with E-state index in [9.17, 15) is 9.59 Å². The van der Waals surface area contributed by atoms with Crippen LogP contribution < -0.4 is 4.90 Å². The molecule has 0 unspecified atom stereocenters. The van der Waals surface area contributed by atoms with Crippen molar-refractivity contribution in [2.24, 2.45) is 0 Å². The standard InChI is InChI=1S/C15H17ClN4O2/c16-11-3-1-6-17-13(11)18-8-5-10(9-18)20-14(21)12-4-2-7-19(12)15(20)22/h1,3,6,10,12H,2,4-5,7-9H2/t10-,12-/m1/s1. The normalized spacial score (nSPS) is 28.0. The van der Waals surface area contributed by atoms with Gasteiger partial charge >= 0.3 is 6.03 Å². The van der Waals surface area contributed by atoms with Gasteiger partial charge in [-0.05, 0) is 31.4 Å². The van der Waals surface area contributed by atoms with Crippen molar-refractivity contribution in [3.05, 3.63) is 23.4 Å². The predicted octanol–water partition coefficient (Wildman–Crippen LogP) is 1.74. The van der Waals surface area contributed by atoms with Gasteiger partial charge in [0.05, 0.1) is 11.1 Å². The highest BCUT2D eigenvalue weighted by atomic mass is 35.5. The topological polar surface area (TPSA) is 56.8 Å². The predicted molar refractivity (Wildman–Crippen MR) is 81.8 cm³/mol. The summed E-state index contributed by atoms with van der Waals surface area (Å²) >= 11 is 6.19. The first-order valence-electron chi connectivity index (χ1n) is 7.66. The lowest BCUT2D eigenvalue weighted by Crippen LogP contribution is -2.43. The molecule has 4 heterocycles. The van der Waals surface area contributed by atoms with Crippen LogP contribution in [-0.4, -0.2) is 58.4 Å². The Hall–Kier alpha value is -1.82. The number of imide groups is 1. The van der Waals surface area contributed by atoms with Crippen LogP contribution in [0.3, 0.4) is 0 Å². The second kappa shape index (κ2) is 5.12. The van der Waals surface area contributed by atoms with E-state index >= 15 is 0 Å². The van der Waals surface area contributed by atoms with Crippen LogP contribution in [0.1, 0.15) is 19.3 Å². The summed E-state index contributed by atoms with van der Waals surface area (Å²) in [5.74, 6) is 0.702. The van der Waals surface area contributed by atoms with Crippen LogP contribution in [0.15, 0.2) is 18.3 Å². The van der Waals surface area contributed by atoms with Gasteiger partial charge in [-0.15, -0.1) is 0 Å². The summed E-state index contributed by atoms with van der Waals surface area (Å²) in [7, 11) is 0. The van der Waals surface area contributed by atoms with Crippen molar-refractivity contribution in [3.8, 4) is 0 Å². The largest absolute Gasteiger partial charge is 0.353 e. The zero-order valence-corrected chi connectivity index (χ0v) is 12.9. The lowest BCUT2D eigenvalue weighted by molar-refractivity contribution is -0.129. The van der Waals surface area contributed by atoms with Gasteiger partial charge in [0.15, 0.2) is 0 Å². The molecule has 1 aromatic rings. The van der Waals surface area contributed by atoms with Gasteiger partial charge in [0.25, 0.3) is 5.91 Å². The number of pyridine rings is 1. The third kappa shape index (κ3) is 1.97. The zero-order valence-electron chi connectivity index (χ0n) is 12.1. The fourth-order valence-corrected chi connectivity index (χ4v) is 3.98. The van der Waals surface area contributed by atoms with E-state index in [2.05, 4.69) is 9.88 Å². The molecule has 0 aliphatic carbocycles. The number of fused-ring (bicyclic) bond motifs is 1. The first kappa shape index (κ1) is 13.8. The Morgan fingerprint density at radius 3 is 2.86 bits per heavy atom. The average molecular weight is 321 g/mol. The third-order valence-corrected chi connectivity index (χ3v) is 5.09. The highest BCUT2D eigenvalue weighted by Gasteiger charge is 2.50. The van der Waals surface area contributed by atoms with Gasteiger partial charge in [-0.2, -0.15) is 0 Å². The number of amides is 3. The van der Waals surface area contributed by atoms with Gasteiger partial charge in [-0.25, -0.2) is 9.78 Å². The Morgan fingerprint density at radius 1 is 1.23 bits per heavy atom. The summed E-state index contributed by atoms with van der Waals surface area (Å²) in [6, 6.07) is 3.18. The minimum atomic E-state index is -0.222. The summed E-state index contributed by atoms with van der Waals surface area (Å²) in [5, 5.41) is 0.600. The molecule has 0 spiro atoms. The first-order valence-corrected chi connectivity index (χ1v) is 8.04. The van der Waals surface area contributed by atoms with E-state index in [1.807, 2.05) is 0 Å². The fourth-order valence-electron chi connectivity index (χ4n) is 3.74. The van der Waals surface area contributed by atoms with Crippen molar-refractivity contribution in [1.29, 1.82) is 0 Å². The summed E-state index contributed by atoms with van der Waals surface area (Å²) in [6.45, 7) is 2.06. The molecule has 2 atom stereocenters. The van der Waals surface area contributed by atoms with Crippen molar-refractivity contribution in [2.45, 2.75) is 31.3 Å². The van der Waals surface area contributed by atoms with Gasteiger partial charge in [-0.1, -0.05) is 11.6 Å². The summed E-state index contributed by atoms with van der Waals surface area (Å²) in [4.78, 5) is 34.5. The number of hydrogen-bond acceptors (Lipinski definition) is 4. The van der Waals surface area contributed by atoms with Crippen LogP contribution in [0.2, 0.25) is 5.02 Å². The molecule has 4 rings (SSSR count). The molecule has 0 radical (unpaired) electrons. The number of nitrogens with zero attached hydrogens (tertiary/aromatic N) is 4. The van der Waals surface area contributed by atoms with Gasteiger partial charge < -0.3 is 9.80 Å². The van der Waals surface area contributed by atoms with E-state index in [1.165, 1.54) is 4.90 Å². The van der Waals surface area contributed by atoms with Crippen LogP contribution >= 0.6 is 11.6 Å². The van der Waals surface area contributed by atoms with Crippen LogP contribution in [0, 0.1) is 0 Å². The Bertz CT molecular complexity index is 616. The van der Waals surface area contributed by atoms with Crippen molar-refractivity contribution in [2.75, 3.05) is 24.5 Å². The Morgan fingerprint density at radius 2 is 2.09 bits per heavy atom. The molecule has 116 valence electrons. The number of rotatable bonds is 2. The monoisotopic (exact) mass is 320 g/mol. The average Bonchev–Trinajstić information content (AvgIpc) is 3.20. The molecule has 0 N–H and O–H groups in total. The second-order valence-electron chi connectivity index (χ2n) is 6.04. The fraction of sp³-hybridized carbons (Fsp3) is 0.533. The molecule has 0 bridgehead atoms. The van der Waals surface area contributed by atoms with Crippen LogP contribution in [0.25, 0.3) is 0 Å². The second-order valence-corrected chi connectivity index (χ2v) is 6.45. The molecule has 7 heteroatoms. The molecule has 0 aromatic carbocycles. The number of halogens is 1. The van der Waals surface area contributed by atoms with Crippen LogP contribution in [0.4, 0.5) is 10.6 Å². The molecular formula is C15H17ClN4O2. The highest BCUT2D eigenvalue weighted by molar-refractivity contribution is 6.32. The van der Waals surface area contributed by atoms with E-state index in [1.54, 1.807) is 23.2 Å². The van der Waals surface area contributed by atoms with E-state index in [-0.39, 0.29) is 24.0 Å². The van der Waals surface area contributed by atoms with Gasteiger partial charge in [-0.3, -0.25) is 9.69 Å². The van der Waals surface area contributed by atoms with Gasteiger partial charge in [0.2, 0.25) is 0 Å². The molecule has 3 aliphatic rings. The highest BCUT2D eigenvalue weighted by Crippen LogP contribution is 2.33. The third-order valence-electron chi connectivity index (χ3n) is 4.79. The zero-order chi connectivity index (χ0) is 15.3. The summed E-state index contributed by atoms with van der Waals surface area (Å²) in [5.41, 5.74) is 0. The SMILES string of the molecule is O=C1[C@H]2CCCN2C(=O)N1[C@@H]1CCN(c2ncccc2Cl)C1. The quantitative estimate of drug-likeness (QED) is 0.779. The van der Waals surface area contributed by atoms with E-state index in [4.69, 9.17) is 11.6 Å². The maximum atomic E-state index is 12.5. The number of carbonyl (C=O) groups excluding carboxylic acids is 2. The minimum Gasteiger partial charge on any atom is -0.353 e. The van der Waals surface area contributed by atoms with Crippen molar-refractivity contribution in [3.63, 3.8) is 0 Å². The molecule has 0 saturated carbocycles. The maximum Gasteiger partial charge on any atom is 0.327 e. The first-order chi connectivity index (χ1) is 10.7. The number of hydrogen-bond donors (Lipinski definition) is 0. The number of urea groups is 1. The molecule has 6 nitrogen and oxygen atoms in total. The van der Waals surface area contributed by atoms with Gasteiger partial charge in [0, 0.05) is 25.8 Å². The smallest absolute Gasteiger partial charge is 0.327 e. The van der Waals surface area contributed by atoms with Crippen LogP contribution in [-0.2, 0) is 4.79 Å². The number of aromatic nitrogens is 1. The molecular weight excluding hydrogens is 304 g/mol.